The minimum atomic E-state index is -0.403. The third kappa shape index (κ3) is 4.20. The first kappa shape index (κ1) is 19.7. The highest BCUT2D eigenvalue weighted by molar-refractivity contribution is 5.97. The summed E-state index contributed by atoms with van der Waals surface area (Å²) >= 11 is 0. The van der Waals surface area contributed by atoms with Crippen molar-refractivity contribution in [2.45, 2.75) is 26.2 Å². The van der Waals surface area contributed by atoms with E-state index in [1.807, 2.05) is 24.3 Å². The molecule has 0 aliphatic carbocycles. The minimum absolute atomic E-state index is 0.117. The smallest absolute Gasteiger partial charge is 0.230 e. The molecular weight excluding hydrogens is 380 g/mol. The summed E-state index contributed by atoms with van der Waals surface area (Å²) in [5.41, 5.74) is 3.67. The number of aromatic hydroxyl groups is 1. The molecule has 2 heterocycles. The lowest BCUT2D eigenvalue weighted by molar-refractivity contribution is -0.123. The molecule has 0 unspecified atom stereocenters. The zero-order valence-electron chi connectivity index (χ0n) is 16.8. The lowest BCUT2D eigenvalue weighted by atomic mass is 10.0. The summed E-state index contributed by atoms with van der Waals surface area (Å²) in [5, 5.41) is 20.0. The van der Waals surface area contributed by atoms with Crippen LogP contribution in [0.4, 0.5) is 5.82 Å². The molecule has 30 heavy (non-hydrogen) atoms. The molecular formula is C23H24N4O3. The van der Waals surface area contributed by atoms with Crippen LogP contribution < -0.4 is 10.6 Å². The molecule has 4 rings (SSSR count). The van der Waals surface area contributed by atoms with Gasteiger partial charge < -0.3 is 15.7 Å². The maximum Gasteiger partial charge on any atom is 0.230 e. The Kier molecular flexibility index (Phi) is 5.52. The van der Waals surface area contributed by atoms with E-state index in [-0.39, 0.29) is 24.0 Å². The summed E-state index contributed by atoms with van der Waals surface area (Å²) in [6.07, 6.45) is 2.20. The van der Waals surface area contributed by atoms with E-state index in [0.717, 1.165) is 24.1 Å². The number of nitrogens with zero attached hydrogens (tertiary/aromatic N) is 2. The third-order valence-corrected chi connectivity index (χ3v) is 5.14. The molecule has 1 atom stereocenters. The Labute approximate surface area is 174 Å². The maximum absolute atomic E-state index is 12.6. The normalized spacial score (nSPS) is 15.8. The molecule has 0 bridgehead atoms. The Bertz CT molecular complexity index is 1090. The number of phenolic OH excluding ortho intramolecular Hbond substituents is 1. The summed E-state index contributed by atoms with van der Waals surface area (Å²) < 4.78 is 1.71. The van der Waals surface area contributed by atoms with E-state index in [4.69, 9.17) is 0 Å². The highest BCUT2D eigenvalue weighted by Gasteiger charge is 2.28. The lowest BCUT2D eigenvalue weighted by Gasteiger charge is -2.09. The number of aryl methyl sites for hydroxylation is 1. The van der Waals surface area contributed by atoms with Crippen molar-refractivity contribution in [3.8, 4) is 22.7 Å². The van der Waals surface area contributed by atoms with Crippen LogP contribution in [0, 0.1) is 5.92 Å². The van der Waals surface area contributed by atoms with Crippen molar-refractivity contribution in [2.75, 3.05) is 11.9 Å². The van der Waals surface area contributed by atoms with E-state index in [1.54, 1.807) is 22.9 Å². The van der Waals surface area contributed by atoms with Gasteiger partial charge >= 0.3 is 0 Å². The molecule has 2 aromatic carbocycles. The summed E-state index contributed by atoms with van der Waals surface area (Å²) in [6, 6.07) is 16.8. The number of hydrogen-bond donors (Lipinski definition) is 3. The van der Waals surface area contributed by atoms with Crippen LogP contribution in [0.3, 0.4) is 0 Å². The zero-order chi connectivity index (χ0) is 21.1. The number of benzene rings is 2. The Morgan fingerprint density at radius 1 is 1.23 bits per heavy atom. The van der Waals surface area contributed by atoms with Crippen molar-refractivity contribution in [1.29, 1.82) is 0 Å². The molecule has 1 aromatic heterocycles. The first-order valence-electron chi connectivity index (χ1n) is 10.1. The molecule has 0 saturated carbocycles. The second kappa shape index (κ2) is 8.41. The highest BCUT2D eigenvalue weighted by atomic mass is 16.3. The summed E-state index contributed by atoms with van der Waals surface area (Å²) in [7, 11) is 0. The number of carbonyl (C=O) groups is 2. The summed E-state index contributed by atoms with van der Waals surface area (Å²) in [4.78, 5) is 24.0. The van der Waals surface area contributed by atoms with Gasteiger partial charge in [-0.25, -0.2) is 4.68 Å². The van der Waals surface area contributed by atoms with Crippen LogP contribution in [0.2, 0.25) is 0 Å². The number of anilines is 1. The quantitative estimate of drug-likeness (QED) is 0.587. The molecule has 3 N–H and O–H groups in total. The van der Waals surface area contributed by atoms with Gasteiger partial charge in [0, 0.05) is 30.7 Å². The maximum atomic E-state index is 12.6. The number of amides is 2. The fourth-order valence-electron chi connectivity index (χ4n) is 3.66. The lowest BCUT2D eigenvalue weighted by Crippen LogP contribution is -2.24. The van der Waals surface area contributed by atoms with Crippen LogP contribution in [-0.4, -0.2) is 33.2 Å². The minimum Gasteiger partial charge on any atom is -0.508 e. The molecule has 0 spiro atoms. The molecule has 1 aliphatic rings. The topological polar surface area (TPSA) is 96.3 Å². The SMILES string of the molecule is CCCc1cccc(-c2cc(NC(=O)[C@@H]3CNC(=O)C3)nn2-c2cccc(O)c2)c1. The molecule has 7 heteroatoms. The van der Waals surface area contributed by atoms with Gasteiger partial charge in [-0.1, -0.05) is 37.6 Å². The Hall–Kier alpha value is -3.61. The molecule has 0 radical (unpaired) electrons. The first-order chi connectivity index (χ1) is 14.5. The standard InChI is InChI=1S/C23H24N4O3/c1-2-5-15-6-3-7-16(10-15)20-13-21(25-23(30)17-11-22(29)24-14-17)26-27(20)18-8-4-9-19(28)12-18/h3-4,6-10,12-13,17,28H,2,5,11,14H2,1H3,(H,24,29)(H,25,26,30)/t17-/m0/s1. The van der Waals surface area contributed by atoms with Gasteiger partial charge in [-0.2, -0.15) is 0 Å². The third-order valence-electron chi connectivity index (χ3n) is 5.14. The molecule has 7 nitrogen and oxygen atoms in total. The van der Waals surface area contributed by atoms with Crippen LogP contribution in [-0.2, 0) is 16.0 Å². The molecule has 1 fully saturated rings. The largest absolute Gasteiger partial charge is 0.508 e. The van der Waals surface area contributed by atoms with Gasteiger partial charge in [-0.3, -0.25) is 9.59 Å². The van der Waals surface area contributed by atoms with Crippen LogP contribution in [0.15, 0.2) is 54.6 Å². The average molecular weight is 404 g/mol. The second-order valence-electron chi connectivity index (χ2n) is 7.49. The van der Waals surface area contributed by atoms with Crippen LogP contribution in [0.5, 0.6) is 5.75 Å². The van der Waals surface area contributed by atoms with Gasteiger partial charge in [0.1, 0.15) is 5.75 Å². The monoisotopic (exact) mass is 404 g/mol. The van der Waals surface area contributed by atoms with Crippen molar-refractivity contribution in [3.63, 3.8) is 0 Å². The number of phenols is 1. The summed E-state index contributed by atoms with van der Waals surface area (Å²) in [5.74, 6) is -0.220. The molecule has 1 saturated heterocycles. The molecule has 1 aliphatic heterocycles. The van der Waals surface area contributed by atoms with E-state index in [9.17, 15) is 14.7 Å². The van der Waals surface area contributed by atoms with Crippen LogP contribution in [0.1, 0.15) is 25.3 Å². The van der Waals surface area contributed by atoms with Crippen molar-refractivity contribution in [2.24, 2.45) is 5.92 Å². The zero-order valence-corrected chi connectivity index (χ0v) is 16.8. The van der Waals surface area contributed by atoms with E-state index >= 15 is 0 Å². The molecule has 3 aromatic rings. The predicted molar refractivity (Wildman–Crippen MR) is 114 cm³/mol. The Morgan fingerprint density at radius 2 is 2.07 bits per heavy atom. The Morgan fingerprint density at radius 3 is 2.80 bits per heavy atom. The van der Waals surface area contributed by atoms with Crippen molar-refractivity contribution in [1.82, 2.24) is 15.1 Å². The van der Waals surface area contributed by atoms with E-state index in [0.29, 0.717) is 18.1 Å². The molecule has 154 valence electrons. The van der Waals surface area contributed by atoms with Gasteiger partial charge in [0.2, 0.25) is 11.8 Å². The van der Waals surface area contributed by atoms with E-state index in [1.165, 1.54) is 5.56 Å². The van der Waals surface area contributed by atoms with Crippen molar-refractivity contribution in [3.05, 3.63) is 60.2 Å². The number of rotatable bonds is 6. The van der Waals surface area contributed by atoms with Gasteiger partial charge in [-0.05, 0) is 30.2 Å². The van der Waals surface area contributed by atoms with E-state index in [2.05, 4.69) is 34.8 Å². The fraction of sp³-hybridized carbons (Fsp3) is 0.261. The summed E-state index contributed by atoms with van der Waals surface area (Å²) in [6.45, 7) is 2.48. The number of aromatic nitrogens is 2. The highest BCUT2D eigenvalue weighted by Crippen LogP contribution is 2.28. The van der Waals surface area contributed by atoms with E-state index < -0.39 is 5.92 Å². The van der Waals surface area contributed by atoms with Crippen molar-refractivity contribution < 1.29 is 14.7 Å². The fourth-order valence-corrected chi connectivity index (χ4v) is 3.66. The van der Waals surface area contributed by atoms with Gasteiger partial charge in [0.25, 0.3) is 0 Å². The van der Waals surface area contributed by atoms with Gasteiger partial charge in [0.05, 0.1) is 17.3 Å². The number of nitrogens with one attached hydrogen (secondary N) is 2. The Balaban J connectivity index is 1.71. The first-order valence-corrected chi connectivity index (χ1v) is 10.1. The number of carbonyl (C=O) groups excluding carboxylic acids is 2. The van der Waals surface area contributed by atoms with Gasteiger partial charge in [-0.15, -0.1) is 5.10 Å². The predicted octanol–water partition coefficient (Wildman–Crippen LogP) is 3.27. The van der Waals surface area contributed by atoms with Crippen LogP contribution in [0.25, 0.3) is 16.9 Å². The van der Waals surface area contributed by atoms with Crippen LogP contribution >= 0.6 is 0 Å². The number of hydrogen-bond acceptors (Lipinski definition) is 4. The van der Waals surface area contributed by atoms with Gasteiger partial charge in [0.15, 0.2) is 5.82 Å². The second-order valence-corrected chi connectivity index (χ2v) is 7.49. The van der Waals surface area contributed by atoms with Crippen molar-refractivity contribution >= 4 is 17.6 Å². The average Bonchev–Trinajstić information content (AvgIpc) is 3.35. The molecule has 2 amide bonds.